The van der Waals surface area contributed by atoms with Crippen LogP contribution in [0.25, 0.3) is 0 Å². The zero-order chi connectivity index (χ0) is 12.3. The summed E-state index contributed by atoms with van der Waals surface area (Å²) in [4.78, 5) is 11.9. The summed E-state index contributed by atoms with van der Waals surface area (Å²) in [6.07, 6.45) is 4.84. The maximum atomic E-state index is 11.9. The van der Waals surface area contributed by atoms with E-state index in [-0.39, 0.29) is 9.84 Å². The smallest absolute Gasteiger partial charge is 0.148 e. The molecular formula is C14H23IO. The van der Waals surface area contributed by atoms with Crippen molar-refractivity contribution < 1.29 is 4.79 Å². The Morgan fingerprint density at radius 2 is 2.12 bits per heavy atom. The highest BCUT2D eigenvalue weighted by Crippen LogP contribution is 2.34. The minimum atomic E-state index is 0.146. The third-order valence-corrected chi connectivity index (χ3v) is 4.35. The normalized spacial score (nSPS) is 25.4. The summed E-state index contributed by atoms with van der Waals surface area (Å²) in [5.41, 5.74) is 3.10. The van der Waals surface area contributed by atoms with Crippen LogP contribution in [0.15, 0.2) is 11.1 Å². The minimum Gasteiger partial charge on any atom is -0.298 e. The van der Waals surface area contributed by atoms with Gasteiger partial charge in [0.15, 0.2) is 0 Å². The van der Waals surface area contributed by atoms with Crippen LogP contribution in [0.3, 0.4) is 0 Å². The van der Waals surface area contributed by atoms with Gasteiger partial charge in [0.2, 0.25) is 0 Å². The molecule has 0 fully saturated rings. The maximum Gasteiger partial charge on any atom is 0.148 e. The molecule has 0 aliphatic heterocycles. The second-order valence-electron chi connectivity index (χ2n) is 5.22. The van der Waals surface area contributed by atoms with Gasteiger partial charge in [0.05, 0.1) is 3.92 Å². The zero-order valence-electron chi connectivity index (χ0n) is 10.8. The number of alkyl halides is 1. The lowest BCUT2D eigenvalue weighted by atomic mass is 9.79. The summed E-state index contributed by atoms with van der Waals surface area (Å²) in [5.74, 6) is 1.28. The van der Waals surface area contributed by atoms with E-state index in [9.17, 15) is 4.79 Å². The monoisotopic (exact) mass is 334 g/mol. The lowest BCUT2D eigenvalue weighted by Gasteiger charge is -2.26. The van der Waals surface area contributed by atoms with Crippen molar-refractivity contribution >= 4 is 28.4 Å². The van der Waals surface area contributed by atoms with E-state index in [4.69, 9.17) is 0 Å². The molecular weight excluding hydrogens is 311 g/mol. The maximum absolute atomic E-state index is 11.9. The summed E-state index contributed by atoms with van der Waals surface area (Å²) < 4.78 is 0.146. The molecule has 3 unspecified atom stereocenters. The molecule has 0 bridgehead atoms. The van der Waals surface area contributed by atoms with E-state index in [1.54, 1.807) is 11.1 Å². The van der Waals surface area contributed by atoms with Crippen molar-refractivity contribution in [3.05, 3.63) is 11.1 Å². The van der Waals surface area contributed by atoms with Crippen LogP contribution in [0.1, 0.15) is 53.4 Å². The second-order valence-corrected chi connectivity index (χ2v) is 7.09. The predicted octanol–water partition coefficient (Wildman–Crippen LogP) is 4.54. The molecule has 0 saturated heterocycles. The number of carbonyl (C=O) groups is 1. The molecule has 0 spiro atoms. The summed E-state index contributed by atoms with van der Waals surface area (Å²) >= 11 is 2.22. The fourth-order valence-electron chi connectivity index (χ4n) is 2.63. The van der Waals surface area contributed by atoms with Gasteiger partial charge in [-0.25, -0.2) is 0 Å². The number of halogens is 1. The largest absolute Gasteiger partial charge is 0.298 e. The Morgan fingerprint density at radius 1 is 1.50 bits per heavy atom. The van der Waals surface area contributed by atoms with Crippen LogP contribution in [0.2, 0.25) is 0 Å². The molecule has 0 aromatic heterocycles. The highest BCUT2D eigenvalue weighted by atomic mass is 127. The van der Waals surface area contributed by atoms with Gasteiger partial charge in [-0.1, -0.05) is 47.6 Å². The molecule has 0 heterocycles. The summed E-state index contributed by atoms with van der Waals surface area (Å²) in [6, 6.07) is 0. The molecule has 3 atom stereocenters. The van der Waals surface area contributed by atoms with Gasteiger partial charge in [0.1, 0.15) is 5.78 Å². The van der Waals surface area contributed by atoms with E-state index in [2.05, 4.69) is 43.4 Å². The van der Waals surface area contributed by atoms with Gasteiger partial charge in [-0.3, -0.25) is 4.79 Å². The standard InChI is InChI=1S/C14H23IO/c1-9-6-5-7-10(2)13(9)8-11(3)14(16)12(4)15/h9,11-12H,5-8H2,1-4H3. The van der Waals surface area contributed by atoms with E-state index < -0.39 is 0 Å². The van der Waals surface area contributed by atoms with E-state index in [1.165, 1.54) is 19.3 Å². The fourth-order valence-corrected chi connectivity index (χ4v) is 3.24. The van der Waals surface area contributed by atoms with Gasteiger partial charge in [0.25, 0.3) is 0 Å². The third-order valence-electron chi connectivity index (χ3n) is 3.74. The third kappa shape index (κ3) is 3.57. The first-order chi connectivity index (χ1) is 7.43. The number of hydrogen-bond donors (Lipinski definition) is 0. The number of hydrogen-bond acceptors (Lipinski definition) is 1. The van der Waals surface area contributed by atoms with Gasteiger partial charge in [-0.05, 0) is 45.4 Å². The van der Waals surface area contributed by atoms with Crippen molar-refractivity contribution in [3.63, 3.8) is 0 Å². The fraction of sp³-hybridized carbons (Fsp3) is 0.786. The van der Waals surface area contributed by atoms with Crippen molar-refractivity contribution in [3.8, 4) is 0 Å². The Labute approximate surface area is 113 Å². The average molecular weight is 334 g/mol. The van der Waals surface area contributed by atoms with E-state index in [0.29, 0.717) is 11.7 Å². The Kier molecular flexibility index (Phi) is 5.48. The Hall–Kier alpha value is 0.140. The molecule has 92 valence electrons. The summed E-state index contributed by atoms with van der Waals surface area (Å²) in [5, 5.41) is 0. The van der Waals surface area contributed by atoms with Gasteiger partial charge >= 0.3 is 0 Å². The highest BCUT2D eigenvalue weighted by molar-refractivity contribution is 14.1. The number of carbonyl (C=O) groups excluding carboxylic acids is 1. The van der Waals surface area contributed by atoms with Crippen LogP contribution >= 0.6 is 22.6 Å². The van der Waals surface area contributed by atoms with Crippen LogP contribution in [0.5, 0.6) is 0 Å². The van der Waals surface area contributed by atoms with Crippen LogP contribution in [-0.2, 0) is 4.79 Å². The summed E-state index contributed by atoms with van der Waals surface area (Å²) in [7, 11) is 0. The van der Waals surface area contributed by atoms with E-state index >= 15 is 0 Å². The van der Waals surface area contributed by atoms with Gasteiger partial charge < -0.3 is 0 Å². The minimum absolute atomic E-state index is 0.146. The van der Waals surface area contributed by atoms with Gasteiger partial charge in [-0.2, -0.15) is 0 Å². The molecule has 1 nitrogen and oxygen atoms in total. The molecule has 16 heavy (non-hydrogen) atoms. The average Bonchev–Trinajstić information content (AvgIpc) is 2.22. The molecule has 0 N–H and O–H groups in total. The van der Waals surface area contributed by atoms with Crippen LogP contribution in [0, 0.1) is 11.8 Å². The molecule has 0 radical (unpaired) electrons. The van der Waals surface area contributed by atoms with Crippen molar-refractivity contribution in [2.75, 3.05) is 0 Å². The van der Waals surface area contributed by atoms with Crippen molar-refractivity contribution in [1.82, 2.24) is 0 Å². The lowest BCUT2D eigenvalue weighted by molar-refractivity contribution is -0.121. The molecule has 0 aromatic rings. The number of Topliss-reactive ketones (excluding diaryl/α,β-unsaturated/α-hetero) is 1. The van der Waals surface area contributed by atoms with Gasteiger partial charge in [0, 0.05) is 5.92 Å². The first-order valence-corrected chi connectivity index (χ1v) is 7.54. The first-order valence-electron chi connectivity index (χ1n) is 6.29. The van der Waals surface area contributed by atoms with E-state index in [0.717, 1.165) is 6.42 Å². The second kappa shape index (κ2) is 6.18. The Bertz CT molecular complexity index is 291. The molecule has 1 rings (SSSR count). The SMILES string of the molecule is CC1=C(CC(C)C(=O)C(C)I)C(C)CCC1. The lowest BCUT2D eigenvalue weighted by Crippen LogP contribution is -2.21. The molecule has 0 aromatic carbocycles. The number of rotatable bonds is 4. The van der Waals surface area contributed by atoms with Crippen LogP contribution < -0.4 is 0 Å². The van der Waals surface area contributed by atoms with E-state index in [1.807, 2.05) is 6.92 Å². The predicted molar refractivity (Wildman–Crippen MR) is 78.0 cm³/mol. The quantitative estimate of drug-likeness (QED) is 0.419. The zero-order valence-corrected chi connectivity index (χ0v) is 13.0. The summed E-state index contributed by atoms with van der Waals surface area (Å²) in [6.45, 7) is 8.63. The molecule has 1 aliphatic carbocycles. The first kappa shape index (κ1) is 14.2. The Morgan fingerprint density at radius 3 is 2.62 bits per heavy atom. The Balaban J connectivity index is 2.69. The van der Waals surface area contributed by atoms with Crippen LogP contribution in [0.4, 0.5) is 0 Å². The molecule has 0 saturated carbocycles. The van der Waals surface area contributed by atoms with Crippen molar-refractivity contribution in [2.24, 2.45) is 11.8 Å². The van der Waals surface area contributed by atoms with Crippen molar-refractivity contribution in [2.45, 2.75) is 57.3 Å². The molecule has 1 aliphatic rings. The number of ketones is 1. The van der Waals surface area contributed by atoms with Crippen LogP contribution in [-0.4, -0.2) is 9.71 Å². The molecule has 2 heteroatoms. The van der Waals surface area contributed by atoms with Gasteiger partial charge in [-0.15, -0.1) is 0 Å². The number of allylic oxidation sites excluding steroid dienone is 2. The molecule has 0 amide bonds. The topological polar surface area (TPSA) is 17.1 Å². The highest BCUT2D eigenvalue weighted by Gasteiger charge is 2.23. The van der Waals surface area contributed by atoms with Crippen molar-refractivity contribution in [1.29, 1.82) is 0 Å².